The number of rotatable bonds is 4. The van der Waals surface area contributed by atoms with E-state index in [2.05, 4.69) is 0 Å². The third kappa shape index (κ3) is 2.99. The minimum Gasteiger partial charge on any atom is -0.383 e. The first kappa shape index (κ1) is 14.9. The summed E-state index contributed by atoms with van der Waals surface area (Å²) in [6, 6.07) is 10.0. The normalized spacial score (nSPS) is 11.9. The number of aliphatic hydroxyl groups excluding tert-OH is 1. The van der Waals surface area contributed by atoms with E-state index in [1.165, 1.54) is 0 Å². The molecule has 1 N–H and O–H groups in total. The van der Waals surface area contributed by atoms with Gasteiger partial charge in [0.05, 0.1) is 21.5 Å². The molecule has 8 heteroatoms. The van der Waals surface area contributed by atoms with Crippen LogP contribution in [0.4, 0.5) is 11.4 Å². The maximum absolute atomic E-state index is 11.1. The van der Waals surface area contributed by atoms with E-state index in [0.717, 1.165) is 12.1 Å². The van der Waals surface area contributed by atoms with Crippen molar-refractivity contribution in [1.82, 2.24) is 0 Å². The van der Waals surface area contributed by atoms with Crippen LogP contribution in [0.15, 0.2) is 42.5 Å². The highest BCUT2D eigenvalue weighted by atomic mass is 35.5. The third-order valence-electron chi connectivity index (χ3n) is 2.90. The van der Waals surface area contributed by atoms with Gasteiger partial charge in [-0.15, -0.1) is 0 Å². The van der Waals surface area contributed by atoms with Gasteiger partial charge in [0, 0.05) is 0 Å². The van der Waals surface area contributed by atoms with E-state index in [1.807, 2.05) is 0 Å². The number of aliphatic hydroxyl groups is 1. The van der Waals surface area contributed by atoms with Gasteiger partial charge < -0.3 is 5.11 Å². The van der Waals surface area contributed by atoms with Crippen molar-refractivity contribution in [3.8, 4) is 0 Å². The molecule has 2 aromatic rings. The summed E-state index contributed by atoms with van der Waals surface area (Å²) in [4.78, 5) is 20.3. The Morgan fingerprint density at radius 2 is 1.57 bits per heavy atom. The molecule has 1 unspecified atom stereocenters. The molecule has 0 fully saturated rings. The maximum atomic E-state index is 11.1. The number of hydrogen-bond acceptors (Lipinski definition) is 5. The molecule has 2 aromatic carbocycles. The SMILES string of the molecule is O=[N+]([O-])c1cc([N+](=O)[O-])c(C(O)c2ccccc2)cc1Cl. The summed E-state index contributed by atoms with van der Waals surface area (Å²) in [7, 11) is 0. The van der Waals surface area contributed by atoms with Crippen molar-refractivity contribution >= 4 is 23.0 Å². The highest BCUT2D eigenvalue weighted by Gasteiger charge is 2.27. The maximum Gasteiger partial charge on any atom is 0.294 e. The standard InChI is InChI=1S/C13H9ClN2O5/c14-10-6-9(13(17)8-4-2-1-3-5-8)11(15(18)19)7-12(10)16(20)21/h1-7,13,17H. The molecule has 1 atom stereocenters. The van der Waals surface area contributed by atoms with Gasteiger partial charge in [0.2, 0.25) is 0 Å². The summed E-state index contributed by atoms with van der Waals surface area (Å²) < 4.78 is 0. The van der Waals surface area contributed by atoms with Crippen LogP contribution < -0.4 is 0 Å². The Kier molecular flexibility index (Phi) is 4.15. The molecule has 21 heavy (non-hydrogen) atoms. The van der Waals surface area contributed by atoms with Crippen molar-refractivity contribution in [1.29, 1.82) is 0 Å². The molecule has 0 radical (unpaired) electrons. The van der Waals surface area contributed by atoms with Gasteiger partial charge in [-0.2, -0.15) is 0 Å². The predicted octanol–water partition coefficient (Wildman–Crippen LogP) is 3.24. The predicted molar refractivity (Wildman–Crippen MR) is 75.3 cm³/mol. The molecule has 0 amide bonds. The van der Waals surface area contributed by atoms with E-state index >= 15 is 0 Å². The zero-order valence-corrected chi connectivity index (χ0v) is 11.2. The van der Waals surface area contributed by atoms with Crippen molar-refractivity contribution in [2.75, 3.05) is 0 Å². The Labute approximate surface area is 123 Å². The van der Waals surface area contributed by atoms with Crippen molar-refractivity contribution in [2.24, 2.45) is 0 Å². The van der Waals surface area contributed by atoms with Crippen molar-refractivity contribution in [2.45, 2.75) is 6.10 Å². The van der Waals surface area contributed by atoms with Crippen molar-refractivity contribution in [3.63, 3.8) is 0 Å². The van der Waals surface area contributed by atoms with Gasteiger partial charge in [0.1, 0.15) is 11.1 Å². The lowest BCUT2D eigenvalue weighted by atomic mass is 9.99. The number of nitro benzene ring substituents is 2. The van der Waals surface area contributed by atoms with Crippen molar-refractivity contribution in [3.05, 3.63) is 78.8 Å². The van der Waals surface area contributed by atoms with E-state index < -0.39 is 27.3 Å². The highest BCUT2D eigenvalue weighted by Crippen LogP contribution is 2.37. The zero-order valence-electron chi connectivity index (χ0n) is 10.5. The molecule has 7 nitrogen and oxygen atoms in total. The fourth-order valence-corrected chi connectivity index (χ4v) is 2.14. The van der Waals surface area contributed by atoms with Gasteiger partial charge in [-0.1, -0.05) is 41.9 Å². The lowest BCUT2D eigenvalue weighted by Gasteiger charge is -2.12. The quantitative estimate of drug-likeness (QED) is 0.689. The summed E-state index contributed by atoms with van der Waals surface area (Å²) in [5.74, 6) is 0. The number of hydrogen-bond donors (Lipinski definition) is 1. The highest BCUT2D eigenvalue weighted by molar-refractivity contribution is 6.32. The lowest BCUT2D eigenvalue weighted by Crippen LogP contribution is -2.05. The van der Waals surface area contributed by atoms with E-state index in [0.29, 0.717) is 5.56 Å². The number of benzene rings is 2. The Bertz CT molecular complexity index is 705. The molecule has 0 heterocycles. The second-order valence-corrected chi connectivity index (χ2v) is 4.60. The van der Waals surface area contributed by atoms with Crippen LogP contribution in [0.25, 0.3) is 0 Å². The summed E-state index contributed by atoms with van der Waals surface area (Å²) in [6.07, 6.45) is -1.30. The zero-order chi connectivity index (χ0) is 15.6. The molecule has 0 saturated carbocycles. The molecule has 2 rings (SSSR count). The summed E-state index contributed by atoms with van der Waals surface area (Å²) in [6.45, 7) is 0. The summed E-state index contributed by atoms with van der Waals surface area (Å²) in [5.41, 5.74) is -0.804. The Morgan fingerprint density at radius 1 is 1.00 bits per heavy atom. The van der Waals surface area contributed by atoms with Gasteiger partial charge in [-0.3, -0.25) is 20.2 Å². The van der Waals surface area contributed by atoms with Crippen LogP contribution in [0.2, 0.25) is 5.02 Å². The number of nitro groups is 2. The Hall–Kier alpha value is -2.51. The topological polar surface area (TPSA) is 107 Å². The third-order valence-corrected chi connectivity index (χ3v) is 3.20. The van der Waals surface area contributed by atoms with Crippen LogP contribution in [0.5, 0.6) is 0 Å². The average molecular weight is 309 g/mol. The average Bonchev–Trinajstić information content (AvgIpc) is 2.46. The number of nitrogens with zero attached hydrogens (tertiary/aromatic N) is 2. The minimum atomic E-state index is -1.30. The fourth-order valence-electron chi connectivity index (χ4n) is 1.90. The van der Waals surface area contributed by atoms with E-state index in [-0.39, 0.29) is 10.6 Å². The van der Waals surface area contributed by atoms with Crippen LogP contribution in [-0.2, 0) is 0 Å². The first-order chi connectivity index (χ1) is 9.91. The first-order valence-corrected chi connectivity index (χ1v) is 6.15. The first-order valence-electron chi connectivity index (χ1n) is 5.77. The monoisotopic (exact) mass is 308 g/mol. The number of halogens is 1. The molecule has 0 bridgehead atoms. The molecule has 0 aliphatic carbocycles. The van der Waals surface area contributed by atoms with Crippen LogP contribution in [0, 0.1) is 20.2 Å². The summed E-state index contributed by atoms with van der Waals surface area (Å²) >= 11 is 5.76. The second-order valence-electron chi connectivity index (χ2n) is 4.19. The lowest BCUT2D eigenvalue weighted by molar-refractivity contribution is -0.394. The molecule has 0 aliphatic rings. The van der Waals surface area contributed by atoms with E-state index in [9.17, 15) is 25.3 Å². The van der Waals surface area contributed by atoms with Crippen LogP contribution in [-0.4, -0.2) is 15.0 Å². The van der Waals surface area contributed by atoms with Gasteiger partial charge in [-0.25, -0.2) is 0 Å². The molecular formula is C13H9ClN2O5. The van der Waals surface area contributed by atoms with Crippen LogP contribution >= 0.6 is 11.6 Å². The summed E-state index contributed by atoms with van der Waals surface area (Å²) in [5, 5.41) is 31.8. The largest absolute Gasteiger partial charge is 0.383 e. The van der Waals surface area contributed by atoms with Gasteiger partial charge in [0.25, 0.3) is 11.4 Å². The van der Waals surface area contributed by atoms with Crippen LogP contribution in [0.1, 0.15) is 17.2 Å². The van der Waals surface area contributed by atoms with E-state index in [4.69, 9.17) is 11.6 Å². The van der Waals surface area contributed by atoms with Gasteiger partial charge >= 0.3 is 0 Å². The van der Waals surface area contributed by atoms with Gasteiger partial charge in [0.15, 0.2) is 0 Å². The molecule has 0 saturated heterocycles. The molecule has 0 aromatic heterocycles. The van der Waals surface area contributed by atoms with Crippen LogP contribution in [0.3, 0.4) is 0 Å². The smallest absolute Gasteiger partial charge is 0.294 e. The van der Waals surface area contributed by atoms with E-state index in [1.54, 1.807) is 30.3 Å². The van der Waals surface area contributed by atoms with Crippen molar-refractivity contribution < 1.29 is 15.0 Å². The molecule has 108 valence electrons. The molecular weight excluding hydrogens is 300 g/mol. The molecule has 0 aliphatic heterocycles. The van der Waals surface area contributed by atoms with Gasteiger partial charge in [-0.05, 0) is 11.6 Å². The second kappa shape index (κ2) is 5.86. The Balaban J connectivity index is 2.60. The Morgan fingerprint density at radius 3 is 2.10 bits per heavy atom. The minimum absolute atomic E-state index is 0.0956. The molecule has 0 spiro atoms. The fraction of sp³-hybridized carbons (Fsp3) is 0.0769.